The van der Waals surface area contributed by atoms with E-state index in [-0.39, 0.29) is 17.1 Å². The number of halogens is 1. The molecule has 2 aromatic rings. The molecule has 3 aliphatic rings. The van der Waals surface area contributed by atoms with Crippen molar-refractivity contribution in [1.29, 1.82) is 5.26 Å². The Morgan fingerprint density at radius 2 is 1.81 bits per heavy atom. The lowest BCUT2D eigenvalue weighted by atomic mass is 9.68. The van der Waals surface area contributed by atoms with E-state index >= 15 is 0 Å². The lowest BCUT2D eigenvalue weighted by Crippen LogP contribution is -2.48. The number of amides is 1. The zero-order valence-electron chi connectivity index (χ0n) is 17.2. The van der Waals surface area contributed by atoms with Crippen LogP contribution < -0.4 is 10.2 Å². The number of nitrogens with zero attached hydrogens (tertiary/aromatic N) is 2. The van der Waals surface area contributed by atoms with E-state index in [9.17, 15) is 14.9 Å². The average molecular weight is 430 g/mol. The van der Waals surface area contributed by atoms with E-state index in [4.69, 9.17) is 11.6 Å². The van der Waals surface area contributed by atoms with Crippen LogP contribution in [0.1, 0.15) is 48.5 Å². The molecule has 31 heavy (non-hydrogen) atoms. The Morgan fingerprint density at radius 3 is 2.52 bits per heavy atom. The Labute approximate surface area is 185 Å². The summed E-state index contributed by atoms with van der Waals surface area (Å²) in [7, 11) is 0. The number of anilines is 1. The number of nitriles is 1. The minimum Gasteiger partial charge on any atom is -0.307 e. The minimum atomic E-state index is -0.544. The number of hydrogen-bond donors (Lipinski definition) is 1. The van der Waals surface area contributed by atoms with E-state index in [0.29, 0.717) is 46.1 Å². The van der Waals surface area contributed by atoms with Gasteiger partial charge in [-0.05, 0) is 41.7 Å². The van der Waals surface area contributed by atoms with Crippen LogP contribution in [-0.2, 0) is 4.79 Å². The van der Waals surface area contributed by atoms with Crippen molar-refractivity contribution in [2.45, 2.75) is 32.6 Å². The highest BCUT2D eigenvalue weighted by atomic mass is 35.5. The first-order chi connectivity index (χ1) is 14.8. The van der Waals surface area contributed by atoms with Crippen molar-refractivity contribution in [3.05, 3.63) is 87.3 Å². The first-order valence-corrected chi connectivity index (χ1v) is 10.5. The molecule has 154 valence electrons. The minimum absolute atomic E-state index is 0.0346. The fraction of sp³-hybridized carbons (Fsp3) is 0.240. The molecule has 2 aromatic carbocycles. The summed E-state index contributed by atoms with van der Waals surface area (Å²) in [5.74, 6) is -0.324. The van der Waals surface area contributed by atoms with Gasteiger partial charge in [-0.25, -0.2) is 0 Å². The number of fused-ring (bicyclic) bond motifs is 4. The van der Waals surface area contributed by atoms with E-state index in [2.05, 4.69) is 25.2 Å². The monoisotopic (exact) mass is 429 g/mol. The molecule has 1 N–H and O–H groups in total. The third-order valence-electron chi connectivity index (χ3n) is 6.17. The second kappa shape index (κ2) is 6.83. The molecule has 0 spiro atoms. The highest BCUT2D eigenvalue weighted by molar-refractivity contribution is 6.30. The number of nitrogens with one attached hydrogen (secondary N) is 1. The number of allylic oxidation sites excluding steroid dienone is 3. The van der Waals surface area contributed by atoms with Gasteiger partial charge >= 0.3 is 0 Å². The van der Waals surface area contributed by atoms with Gasteiger partial charge in [-0.2, -0.15) is 5.26 Å². The fourth-order valence-corrected chi connectivity index (χ4v) is 5.02. The number of benzene rings is 2. The average Bonchev–Trinajstić information content (AvgIpc) is 2.72. The molecule has 1 atom stereocenters. The van der Waals surface area contributed by atoms with Gasteiger partial charge in [0.25, 0.3) is 5.91 Å². The largest absolute Gasteiger partial charge is 0.307 e. The van der Waals surface area contributed by atoms with Gasteiger partial charge in [0.1, 0.15) is 5.82 Å². The predicted octanol–water partition coefficient (Wildman–Crippen LogP) is 5.07. The van der Waals surface area contributed by atoms with Gasteiger partial charge in [0.2, 0.25) is 0 Å². The molecule has 5 rings (SSSR count). The number of Topliss-reactive ketones (excluding diaryl/α,β-unsaturated/α-hetero) is 1. The van der Waals surface area contributed by atoms with Crippen molar-refractivity contribution in [2.75, 3.05) is 4.90 Å². The zero-order chi connectivity index (χ0) is 21.9. The Kier molecular flexibility index (Phi) is 4.32. The molecule has 0 saturated heterocycles. The SMILES string of the molecule is CC1(C)CC(=O)C2=C(C1)N1C(=C(C#N)C2c2ccc(Cl)cc2)NC(=O)c2ccccc21. The third-order valence-corrected chi connectivity index (χ3v) is 6.42. The first-order valence-electron chi connectivity index (χ1n) is 10.2. The van der Waals surface area contributed by atoms with Gasteiger partial charge in [0.15, 0.2) is 5.78 Å². The zero-order valence-corrected chi connectivity index (χ0v) is 18.0. The highest BCUT2D eigenvalue weighted by Gasteiger charge is 2.47. The van der Waals surface area contributed by atoms with Gasteiger partial charge in [-0.3, -0.25) is 14.5 Å². The molecule has 1 aliphatic carbocycles. The van der Waals surface area contributed by atoms with Crippen LogP contribution in [0.2, 0.25) is 5.02 Å². The molecule has 0 radical (unpaired) electrons. The normalized spacial score (nSPS) is 21.7. The van der Waals surface area contributed by atoms with Gasteiger partial charge in [-0.1, -0.05) is 49.7 Å². The van der Waals surface area contributed by atoms with E-state index in [1.807, 2.05) is 35.2 Å². The van der Waals surface area contributed by atoms with Crippen molar-refractivity contribution >= 4 is 29.0 Å². The van der Waals surface area contributed by atoms with Crippen LogP contribution in [-0.4, -0.2) is 11.7 Å². The van der Waals surface area contributed by atoms with Gasteiger partial charge in [0.05, 0.1) is 28.8 Å². The summed E-state index contributed by atoms with van der Waals surface area (Å²) in [5, 5.41) is 13.7. The van der Waals surface area contributed by atoms with Crippen molar-refractivity contribution < 1.29 is 9.59 Å². The molecule has 0 aromatic heterocycles. The maximum atomic E-state index is 13.5. The van der Waals surface area contributed by atoms with Crippen LogP contribution in [0.4, 0.5) is 5.69 Å². The molecular formula is C25H20ClN3O2. The molecule has 1 amide bonds. The molecule has 2 aliphatic heterocycles. The molecule has 0 fully saturated rings. The van der Waals surface area contributed by atoms with Gasteiger partial charge in [-0.15, -0.1) is 0 Å². The fourth-order valence-electron chi connectivity index (χ4n) is 4.90. The maximum Gasteiger partial charge on any atom is 0.258 e. The van der Waals surface area contributed by atoms with Gasteiger partial charge < -0.3 is 5.32 Å². The van der Waals surface area contributed by atoms with E-state index in [1.165, 1.54) is 0 Å². The van der Waals surface area contributed by atoms with Crippen molar-refractivity contribution in [1.82, 2.24) is 5.32 Å². The van der Waals surface area contributed by atoms with E-state index in [1.54, 1.807) is 18.2 Å². The summed E-state index contributed by atoms with van der Waals surface area (Å²) < 4.78 is 0. The Morgan fingerprint density at radius 1 is 1.10 bits per heavy atom. The predicted molar refractivity (Wildman–Crippen MR) is 118 cm³/mol. The van der Waals surface area contributed by atoms with Gasteiger partial charge in [0, 0.05) is 22.7 Å². The van der Waals surface area contributed by atoms with Crippen LogP contribution in [0.5, 0.6) is 0 Å². The summed E-state index contributed by atoms with van der Waals surface area (Å²) in [6.45, 7) is 4.15. The lowest BCUT2D eigenvalue weighted by Gasteiger charge is -2.46. The molecular weight excluding hydrogens is 410 g/mol. The first kappa shape index (κ1) is 19.6. The molecule has 1 unspecified atom stereocenters. The lowest BCUT2D eigenvalue weighted by molar-refractivity contribution is -0.118. The Bertz CT molecular complexity index is 1250. The Hall–Kier alpha value is -3.36. The van der Waals surface area contributed by atoms with Crippen LogP contribution in [0.3, 0.4) is 0 Å². The van der Waals surface area contributed by atoms with Crippen molar-refractivity contribution in [2.24, 2.45) is 5.41 Å². The van der Waals surface area contributed by atoms with E-state index < -0.39 is 5.92 Å². The molecule has 5 nitrogen and oxygen atoms in total. The standard InChI is InChI=1S/C25H20ClN3O2/c1-25(2)11-19-22(20(30)12-25)21(14-7-9-15(26)10-8-14)17(13-27)23-28-24(31)16-5-3-4-6-18(16)29(19)23/h3-10,21H,11-12H2,1-2H3,(H,28,31). The molecule has 0 bridgehead atoms. The number of rotatable bonds is 1. The molecule has 2 heterocycles. The number of carbonyl (C=O) groups excluding carboxylic acids is 2. The quantitative estimate of drug-likeness (QED) is 0.687. The molecule has 0 saturated carbocycles. The second-order valence-electron chi connectivity index (χ2n) is 8.97. The highest BCUT2D eigenvalue weighted by Crippen LogP contribution is 2.51. The summed E-state index contributed by atoms with van der Waals surface area (Å²) in [6, 6.07) is 16.8. The van der Waals surface area contributed by atoms with Crippen LogP contribution in [0.15, 0.2) is 71.2 Å². The summed E-state index contributed by atoms with van der Waals surface area (Å²) in [5.41, 5.74) is 3.64. The summed E-state index contributed by atoms with van der Waals surface area (Å²) in [4.78, 5) is 28.2. The van der Waals surface area contributed by atoms with E-state index in [0.717, 1.165) is 11.3 Å². The Balaban J connectivity index is 1.83. The van der Waals surface area contributed by atoms with Crippen LogP contribution in [0, 0.1) is 16.7 Å². The third kappa shape index (κ3) is 2.98. The maximum absolute atomic E-state index is 13.5. The van der Waals surface area contributed by atoms with Crippen LogP contribution in [0.25, 0.3) is 0 Å². The number of para-hydroxylation sites is 1. The number of hydrogen-bond acceptors (Lipinski definition) is 4. The second-order valence-corrected chi connectivity index (χ2v) is 9.40. The number of ketones is 1. The summed E-state index contributed by atoms with van der Waals surface area (Å²) >= 11 is 6.09. The smallest absolute Gasteiger partial charge is 0.258 e. The topological polar surface area (TPSA) is 73.2 Å². The number of carbonyl (C=O) groups is 2. The van der Waals surface area contributed by atoms with Crippen molar-refractivity contribution in [3.8, 4) is 6.07 Å². The molecule has 6 heteroatoms. The van der Waals surface area contributed by atoms with Crippen LogP contribution >= 0.6 is 11.6 Å². The summed E-state index contributed by atoms with van der Waals surface area (Å²) in [6.07, 6.45) is 1.07. The van der Waals surface area contributed by atoms with Crippen molar-refractivity contribution in [3.63, 3.8) is 0 Å².